The summed E-state index contributed by atoms with van der Waals surface area (Å²) >= 11 is 0. The van der Waals surface area contributed by atoms with Gasteiger partial charge in [-0.3, -0.25) is 9.89 Å². The minimum Gasteiger partial charge on any atom is -0.346 e. The molecule has 4 nitrogen and oxygen atoms in total. The van der Waals surface area contributed by atoms with Gasteiger partial charge in [0.2, 0.25) is 5.91 Å². The number of hydrogen-bond acceptors (Lipinski definition) is 2. The molecule has 0 saturated carbocycles. The molecule has 0 aromatic carbocycles. The molecule has 0 aliphatic heterocycles. The summed E-state index contributed by atoms with van der Waals surface area (Å²) < 4.78 is 0. The minimum absolute atomic E-state index is 0.106. The van der Waals surface area contributed by atoms with E-state index in [0.29, 0.717) is 6.42 Å². The molecule has 4 heteroatoms. The predicted octanol–water partition coefficient (Wildman–Crippen LogP) is 0.739. The normalized spacial score (nSPS) is 10.1. The van der Waals surface area contributed by atoms with Crippen molar-refractivity contribution in [1.82, 2.24) is 15.1 Å². The average molecular weight is 181 g/mol. The first-order valence-corrected chi connectivity index (χ1v) is 4.38. The van der Waals surface area contributed by atoms with Crippen molar-refractivity contribution in [2.45, 2.75) is 20.3 Å². The summed E-state index contributed by atoms with van der Waals surface area (Å²) in [5.74, 6) is 0.106. The molecule has 1 heterocycles. The molecule has 0 aliphatic carbocycles. The van der Waals surface area contributed by atoms with Crippen molar-refractivity contribution in [3.8, 4) is 0 Å². The molecule has 0 radical (unpaired) electrons. The first-order valence-electron chi connectivity index (χ1n) is 4.38. The van der Waals surface area contributed by atoms with Crippen LogP contribution in [0.4, 0.5) is 0 Å². The zero-order chi connectivity index (χ0) is 9.84. The van der Waals surface area contributed by atoms with E-state index in [1.807, 2.05) is 19.9 Å². The fourth-order valence-electron chi connectivity index (χ4n) is 1.03. The number of aryl methyl sites for hydroxylation is 1. The maximum Gasteiger partial charge on any atom is 0.228 e. The van der Waals surface area contributed by atoms with Crippen LogP contribution < -0.4 is 0 Å². The minimum atomic E-state index is 0.106. The monoisotopic (exact) mass is 181 g/mol. The number of hydrogen-bond donors (Lipinski definition) is 1. The number of nitrogens with zero attached hydrogens (tertiary/aromatic N) is 2. The molecule has 0 aliphatic rings. The Kier molecular flexibility index (Phi) is 3.06. The summed E-state index contributed by atoms with van der Waals surface area (Å²) in [5.41, 5.74) is 1.80. The highest BCUT2D eigenvalue weighted by atomic mass is 16.2. The molecular weight excluding hydrogens is 166 g/mol. The second kappa shape index (κ2) is 4.07. The average Bonchev–Trinajstić information content (AvgIpc) is 2.49. The fourth-order valence-corrected chi connectivity index (χ4v) is 1.03. The van der Waals surface area contributed by atoms with Crippen LogP contribution in [0.1, 0.15) is 18.3 Å². The molecule has 0 atom stereocenters. The van der Waals surface area contributed by atoms with Crippen LogP contribution in [0.3, 0.4) is 0 Å². The van der Waals surface area contributed by atoms with Gasteiger partial charge in [0.15, 0.2) is 0 Å². The molecule has 1 amide bonds. The van der Waals surface area contributed by atoms with Gasteiger partial charge in [-0.1, -0.05) is 0 Å². The van der Waals surface area contributed by atoms with Crippen LogP contribution in [0.2, 0.25) is 0 Å². The lowest BCUT2D eigenvalue weighted by Gasteiger charge is -2.12. The van der Waals surface area contributed by atoms with Gasteiger partial charge in [-0.15, -0.1) is 0 Å². The molecule has 0 saturated heterocycles. The molecule has 1 aromatic rings. The standard InChI is InChI=1S/C9H15N3O/c1-4-12(3)9(13)6-8-5-7(2)10-11-8/h5H,4,6H2,1-3H3,(H,10,11). The molecule has 72 valence electrons. The largest absolute Gasteiger partial charge is 0.346 e. The van der Waals surface area contributed by atoms with Gasteiger partial charge in [0, 0.05) is 19.3 Å². The molecule has 0 bridgehead atoms. The van der Waals surface area contributed by atoms with Gasteiger partial charge in [0.05, 0.1) is 12.1 Å². The highest BCUT2D eigenvalue weighted by Gasteiger charge is 2.09. The summed E-state index contributed by atoms with van der Waals surface area (Å²) in [6.07, 6.45) is 0.384. The Bertz CT molecular complexity index is 293. The number of nitrogens with one attached hydrogen (secondary N) is 1. The summed E-state index contributed by atoms with van der Waals surface area (Å²) in [6, 6.07) is 1.89. The Balaban J connectivity index is 2.54. The number of rotatable bonds is 3. The highest BCUT2D eigenvalue weighted by molar-refractivity contribution is 5.77. The van der Waals surface area contributed by atoms with E-state index in [1.54, 1.807) is 11.9 Å². The van der Waals surface area contributed by atoms with Crippen LogP contribution in [0.15, 0.2) is 6.07 Å². The van der Waals surface area contributed by atoms with Crippen molar-refractivity contribution >= 4 is 5.91 Å². The molecular formula is C9H15N3O. The van der Waals surface area contributed by atoms with E-state index in [4.69, 9.17) is 0 Å². The summed E-state index contributed by atoms with van der Waals surface area (Å²) in [6.45, 7) is 4.61. The number of likely N-dealkylation sites (N-methyl/N-ethyl adjacent to an activating group) is 1. The van der Waals surface area contributed by atoms with Crippen molar-refractivity contribution in [2.24, 2.45) is 0 Å². The van der Waals surface area contributed by atoms with Crippen molar-refractivity contribution in [1.29, 1.82) is 0 Å². The molecule has 13 heavy (non-hydrogen) atoms. The number of aromatic nitrogens is 2. The zero-order valence-corrected chi connectivity index (χ0v) is 8.29. The number of carbonyl (C=O) groups is 1. The van der Waals surface area contributed by atoms with Gasteiger partial charge < -0.3 is 4.90 Å². The predicted molar refractivity (Wildman–Crippen MR) is 50.3 cm³/mol. The number of amides is 1. The van der Waals surface area contributed by atoms with Gasteiger partial charge in [0.25, 0.3) is 0 Å². The van der Waals surface area contributed by atoms with E-state index in [0.717, 1.165) is 17.9 Å². The second-order valence-electron chi connectivity index (χ2n) is 3.13. The smallest absolute Gasteiger partial charge is 0.228 e. The first-order chi connectivity index (χ1) is 6.13. The van der Waals surface area contributed by atoms with E-state index < -0.39 is 0 Å². The van der Waals surface area contributed by atoms with Crippen LogP contribution in [0.5, 0.6) is 0 Å². The van der Waals surface area contributed by atoms with Crippen molar-refractivity contribution in [3.63, 3.8) is 0 Å². The van der Waals surface area contributed by atoms with Gasteiger partial charge in [-0.25, -0.2) is 0 Å². The second-order valence-corrected chi connectivity index (χ2v) is 3.13. The topological polar surface area (TPSA) is 49.0 Å². The Morgan fingerprint density at radius 1 is 1.69 bits per heavy atom. The Hall–Kier alpha value is -1.32. The van der Waals surface area contributed by atoms with Crippen molar-refractivity contribution in [2.75, 3.05) is 13.6 Å². The molecule has 0 unspecified atom stereocenters. The zero-order valence-electron chi connectivity index (χ0n) is 8.29. The molecule has 1 rings (SSSR count). The van der Waals surface area contributed by atoms with E-state index in [-0.39, 0.29) is 5.91 Å². The van der Waals surface area contributed by atoms with Crippen LogP contribution in [0, 0.1) is 6.92 Å². The SMILES string of the molecule is CCN(C)C(=O)Cc1cc(C)[nH]n1. The summed E-state index contributed by atoms with van der Waals surface area (Å²) in [7, 11) is 1.79. The molecule has 0 spiro atoms. The van der Waals surface area contributed by atoms with Gasteiger partial charge >= 0.3 is 0 Å². The van der Waals surface area contributed by atoms with E-state index >= 15 is 0 Å². The Labute approximate surface area is 77.9 Å². The Morgan fingerprint density at radius 2 is 2.38 bits per heavy atom. The molecule has 1 N–H and O–H groups in total. The van der Waals surface area contributed by atoms with Crippen LogP contribution >= 0.6 is 0 Å². The van der Waals surface area contributed by atoms with Gasteiger partial charge in [-0.05, 0) is 19.9 Å². The van der Waals surface area contributed by atoms with Crippen molar-refractivity contribution in [3.05, 3.63) is 17.5 Å². The number of aromatic amines is 1. The lowest BCUT2D eigenvalue weighted by molar-refractivity contribution is -0.129. The quantitative estimate of drug-likeness (QED) is 0.747. The highest BCUT2D eigenvalue weighted by Crippen LogP contribution is 2.00. The maximum atomic E-state index is 11.4. The number of H-pyrrole nitrogens is 1. The van der Waals surface area contributed by atoms with E-state index in [9.17, 15) is 4.79 Å². The van der Waals surface area contributed by atoms with E-state index in [2.05, 4.69) is 10.2 Å². The lowest BCUT2D eigenvalue weighted by atomic mass is 10.2. The molecule has 0 fully saturated rings. The van der Waals surface area contributed by atoms with Crippen LogP contribution in [0.25, 0.3) is 0 Å². The summed E-state index contributed by atoms with van der Waals surface area (Å²) in [5, 5.41) is 6.81. The van der Waals surface area contributed by atoms with Crippen LogP contribution in [-0.4, -0.2) is 34.6 Å². The van der Waals surface area contributed by atoms with Crippen LogP contribution in [-0.2, 0) is 11.2 Å². The van der Waals surface area contributed by atoms with E-state index in [1.165, 1.54) is 0 Å². The summed E-state index contributed by atoms with van der Waals surface area (Å²) in [4.78, 5) is 13.1. The van der Waals surface area contributed by atoms with Gasteiger partial charge in [0.1, 0.15) is 0 Å². The maximum absolute atomic E-state index is 11.4. The third kappa shape index (κ3) is 2.57. The lowest BCUT2D eigenvalue weighted by Crippen LogP contribution is -2.27. The molecule has 1 aromatic heterocycles. The first kappa shape index (κ1) is 9.77. The third-order valence-electron chi connectivity index (χ3n) is 1.99. The third-order valence-corrected chi connectivity index (χ3v) is 1.99. The Morgan fingerprint density at radius 3 is 2.85 bits per heavy atom. The fraction of sp³-hybridized carbons (Fsp3) is 0.556. The van der Waals surface area contributed by atoms with Gasteiger partial charge in [-0.2, -0.15) is 5.10 Å². The number of carbonyl (C=O) groups excluding carboxylic acids is 1. The van der Waals surface area contributed by atoms with Crippen molar-refractivity contribution < 1.29 is 4.79 Å².